The van der Waals surface area contributed by atoms with Crippen molar-refractivity contribution < 1.29 is 17.6 Å². The van der Waals surface area contributed by atoms with Gasteiger partial charge in [0.15, 0.2) is 17.3 Å². The van der Waals surface area contributed by atoms with Crippen molar-refractivity contribution in [1.82, 2.24) is 19.5 Å². The SMILES string of the molecule is CCc1ncnc(N(C)C[C@@H]2CCc3nc(C(F)(F)F)cn3C2)c1F. The van der Waals surface area contributed by atoms with Crippen LogP contribution in [-0.4, -0.2) is 33.1 Å². The Labute approximate surface area is 142 Å². The number of imidazole rings is 1. The second kappa shape index (κ2) is 6.61. The van der Waals surface area contributed by atoms with Gasteiger partial charge in [0, 0.05) is 32.8 Å². The summed E-state index contributed by atoms with van der Waals surface area (Å²) >= 11 is 0. The number of hydrogen-bond donors (Lipinski definition) is 0. The van der Waals surface area contributed by atoms with Crippen LogP contribution in [0.1, 0.15) is 30.6 Å². The topological polar surface area (TPSA) is 46.8 Å². The number of rotatable bonds is 4. The third-order valence-electron chi connectivity index (χ3n) is 4.45. The Bertz CT molecular complexity index is 755. The van der Waals surface area contributed by atoms with Crippen LogP contribution in [0, 0.1) is 11.7 Å². The summed E-state index contributed by atoms with van der Waals surface area (Å²) in [6, 6.07) is 0. The van der Waals surface area contributed by atoms with Gasteiger partial charge in [-0.15, -0.1) is 0 Å². The zero-order chi connectivity index (χ0) is 18.2. The van der Waals surface area contributed by atoms with Crippen LogP contribution in [0.2, 0.25) is 0 Å². The normalized spacial score (nSPS) is 17.4. The van der Waals surface area contributed by atoms with Crippen molar-refractivity contribution in [3.8, 4) is 0 Å². The third kappa shape index (κ3) is 3.59. The number of alkyl halides is 3. The van der Waals surface area contributed by atoms with E-state index in [0.717, 1.165) is 6.20 Å². The van der Waals surface area contributed by atoms with E-state index >= 15 is 0 Å². The average Bonchev–Trinajstić information content (AvgIpc) is 2.98. The first-order valence-corrected chi connectivity index (χ1v) is 8.13. The zero-order valence-electron chi connectivity index (χ0n) is 14.0. The van der Waals surface area contributed by atoms with Crippen molar-refractivity contribution in [2.75, 3.05) is 18.5 Å². The minimum Gasteiger partial charge on any atom is -0.357 e. The van der Waals surface area contributed by atoms with Crippen molar-refractivity contribution in [2.24, 2.45) is 5.92 Å². The third-order valence-corrected chi connectivity index (χ3v) is 4.45. The van der Waals surface area contributed by atoms with Gasteiger partial charge in [-0.25, -0.2) is 19.3 Å². The maximum absolute atomic E-state index is 14.3. The lowest BCUT2D eigenvalue weighted by molar-refractivity contribution is -0.141. The van der Waals surface area contributed by atoms with E-state index in [-0.39, 0.29) is 11.7 Å². The summed E-state index contributed by atoms with van der Waals surface area (Å²) < 4.78 is 54.2. The second-order valence-electron chi connectivity index (χ2n) is 6.29. The lowest BCUT2D eigenvalue weighted by atomic mass is 9.99. The molecule has 1 aliphatic heterocycles. The molecule has 25 heavy (non-hydrogen) atoms. The van der Waals surface area contributed by atoms with Crippen molar-refractivity contribution >= 4 is 5.82 Å². The fourth-order valence-electron chi connectivity index (χ4n) is 3.18. The second-order valence-corrected chi connectivity index (χ2v) is 6.29. The van der Waals surface area contributed by atoms with Gasteiger partial charge in [-0.1, -0.05) is 6.92 Å². The fraction of sp³-hybridized carbons (Fsp3) is 0.562. The van der Waals surface area contributed by atoms with Gasteiger partial charge in [0.05, 0.1) is 5.69 Å². The average molecular weight is 357 g/mol. The Morgan fingerprint density at radius 1 is 1.32 bits per heavy atom. The predicted molar refractivity (Wildman–Crippen MR) is 83.7 cm³/mol. The molecule has 2 aromatic heterocycles. The first-order chi connectivity index (χ1) is 11.8. The van der Waals surface area contributed by atoms with Crippen LogP contribution in [0.25, 0.3) is 0 Å². The molecular weight excluding hydrogens is 338 g/mol. The van der Waals surface area contributed by atoms with E-state index < -0.39 is 17.7 Å². The Morgan fingerprint density at radius 2 is 2.08 bits per heavy atom. The molecule has 0 aliphatic carbocycles. The highest BCUT2D eigenvalue weighted by Gasteiger charge is 2.36. The molecule has 1 aliphatic rings. The molecule has 2 aromatic rings. The molecule has 5 nitrogen and oxygen atoms in total. The molecule has 0 unspecified atom stereocenters. The summed E-state index contributed by atoms with van der Waals surface area (Å²) in [5, 5.41) is 0. The minimum absolute atomic E-state index is 0.0900. The van der Waals surface area contributed by atoms with E-state index in [0.29, 0.717) is 43.9 Å². The van der Waals surface area contributed by atoms with E-state index in [9.17, 15) is 17.6 Å². The van der Waals surface area contributed by atoms with Crippen LogP contribution in [0.3, 0.4) is 0 Å². The van der Waals surface area contributed by atoms with Crippen LogP contribution in [0.5, 0.6) is 0 Å². The largest absolute Gasteiger partial charge is 0.434 e. The van der Waals surface area contributed by atoms with Crippen molar-refractivity contribution in [3.63, 3.8) is 0 Å². The van der Waals surface area contributed by atoms with Gasteiger partial charge >= 0.3 is 6.18 Å². The van der Waals surface area contributed by atoms with Crippen LogP contribution in [-0.2, 0) is 25.6 Å². The minimum atomic E-state index is -4.43. The summed E-state index contributed by atoms with van der Waals surface area (Å²) in [5.74, 6) is 0.324. The molecule has 1 atom stereocenters. The molecule has 136 valence electrons. The first kappa shape index (κ1) is 17.6. The first-order valence-electron chi connectivity index (χ1n) is 8.13. The quantitative estimate of drug-likeness (QED) is 0.789. The van der Waals surface area contributed by atoms with E-state index in [4.69, 9.17) is 0 Å². The highest BCUT2D eigenvalue weighted by atomic mass is 19.4. The standard InChI is InChI=1S/C16H19F4N5/c1-3-11-14(17)15(22-9-21-11)24(2)6-10-4-5-13-23-12(16(18,19)20)8-25(13)7-10/h8-10H,3-7H2,1-2H3/t10-/m0/s1. The van der Waals surface area contributed by atoms with Gasteiger partial charge in [0.2, 0.25) is 0 Å². The molecule has 0 saturated carbocycles. The molecular formula is C16H19F4N5. The van der Waals surface area contributed by atoms with Gasteiger partial charge in [-0.05, 0) is 18.8 Å². The van der Waals surface area contributed by atoms with Gasteiger partial charge in [0.25, 0.3) is 0 Å². The van der Waals surface area contributed by atoms with Gasteiger partial charge in [0.1, 0.15) is 12.2 Å². The molecule has 3 heterocycles. The smallest absolute Gasteiger partial charge is 0.357 e. The number of aromatic nitrogens is 4. The zero-order valence-corrected chi connectivity index (χ0v) is 14.0. The van der Waals surface area contributed by atoms with Crippen molar-refractivity contribution in [1.29, 1.82) is 0 Å². The summed E-state index contributed by atoms with van der Waals surface area (Å²) in [4.78, 5) is 13.3. The molecule has 0 N–H and O–H groups in total. The summed E-state index contributed by atoms with van der Waals surface area (Å²) in [5.41, 5.74) is -0.502. The van der Waals surface area contributed by atoms with Gasteiger partial charge < -0.3 is 9.47 Å². The summed E-state index contributed by atoms with van der Waals surface area (Å²) in [6.07, 6.45) is -0.401. The number of halogens is 4. The molecule has 9 heteroatoms. The lowest BCUT2D eigenvalue weighted by Crippen LogP contribution is -2.32. The molecule has 0 amide bonds. The van der Waals surface area contributed by atoms with Crippen molar-refractivity contribution in [2.45, 2.75) is 38.9 Å². The number of nitrogens with zero attached hydrogens (tertiary/aromatic N) is 5. The fourth-order valence-corrected chi connectivity index (χ4v) is 3.18. The molecule has 3 rings (SSSR count). The van der Waals surface area contributed by atoms with E-state index in [1.165, 1.54) is 6.33 Å². The number of hydrogen-bond acceptors (Lipinski definition) is 4. The highest BCUT2D eigenvalue weighted by molar-refractivity contribution is 5.40. The van der Waals surface area contributed by atoms with E-state index in [1.54, 1.807) is 16.5 Å². The van der Waals surface area contributed by atoms with Gasteiger partial charge in [-0.2, -0.15) is 13.2 Å². The maximum Gasteiger partial charge on any atom is 0.434 e. The molecule has 0 radical (unpaired) electrons. The molecule has 0 saturated heterocycles. The Morgan fingerprint density at radius 3 is 2.76 bits per heavy atom. The van der Waals surface area contributed by atoms with E-state index in [1.807, 2.05) is 6.92 Å². The van der Waals surface area contributed by atoms with Gasteiger partial charge in [-0.3, -0.25) is 0 Å². The molecule has 0 bridgehead atoms. The Kier molecular flexibility index (Phi) is 4.66. The molecule has 0 aromatic carbocycles. The van der Waals surface area contributed by atoms with Crippen LogP contribution in [0.4, 0.5) is 23.4 Å². The van der Waals surface area contributed by atoms with Crippen LogP contribution in [0.15, 0.2) is 12.5 Å². The molecule has 0 fully saturated rings. The Balaban J connectivity index is 1.72. The molecule has 0 spiro atoms. The number of fused-ring (bicyclic) bond motifs is 1. The predicted octanol–water partition coefficient (Wildman–Crippen LogP) is 3.09. The highest BCUT2D eigenvalue weighted by Crippen LogP contribution is 2.31. The number of aryl methyl sites for hydroxylation is 2. The maximum atomic E-state index is 14.3. The summed E-state index contributed by atoms with van der Waals surface area (Å²) in [6.45, 7) is 2.74. The lowest BCUT2D eigenvalue weighted by Gasteiger charge is -2.29. The summed E-state index contributed by atoms with van der Waals surface area (Å²) in [7, 11) is 1.73. The Hall–Kier alpha value is -2.19. The van der Waals surface area contributed by atoms with E-state index in [2.05, 4.69) is 15.0 Å². The number of anilines is 1. The van der Waals surface area contributed by atoms with Crippen molar-refractivity contribution in [3.05, 3.63) is 35.6 Å². The van der Waals surface area contributed by atoms with Crippen LogP contribution >= 0.6 is 0 Å². The van der Waals surface area contributed by atoms with Crippen LogP contribution < -0.4 is 4.90 Å². The monoisotopic (exact) mass is 357 g/mol.